The van der Waals surface area contributed by atoms with Crippen molar-refractivity contribution in [3.8, 4) is 0 Å². The zero-order chi connectivity index (χ0) is 32.1. The molecule has 6 rings (SSSR count). The van der Waals surface area contributed by atoms with Crippen LogP contribution in [0.4, 0.5) is 5.69 Å². The highest BCUT2D eigenvalue weighted by Crippen LogP contribution is 2.68. The molecule has 236 valence electrons. The van der Waals surface area contributed by atoms with Gasteiger partial charge in [0.1, 0.15) is 6.61 Å². The van der Waals surface area contributed by atoms with Crippen molar-refractivity contribution in [1.29, 1.82) is 0 Å². The summed E-state index contributed by atoms with van der Waals surface area (Å²) in [6.45, 7) is 3.41. The van der Waals surface area contributed by atoms with Gasteiger partial charge in [-0.3, -0.25) is 19.2 Å². The van der Waals surface area contributed by atoms with E-state index in [4.69, 9.17) is 9.47 Å². The van der Waals surface area contributed by atoms with Crippen LogP contribution >= 0.6 is 0 Å². The van der Waals surface area contributed by atoms with E-state index in [1.165, 1.54) is 19.6 Å². The van der Waals surface area contributed by atoms with Crippen molar-refractivity contribution in [2.45, 2.75) is 70.3 Å². The number of carbonyl (C=O) groups excluding carboxylic acids is 4. The molecular weight excluding hydrogens is 566 g/mol. The minimum Gasteiger partial charge on any atom is -0.451 e. The van der Waals surface area contributed by atoms with Crippen molar-refractivity contribution >= 4 is 29.0 Å². The standard InChI is InChI=1S/C38H43NO6/c1-23(40)45-38(33(42)22-44-5)20-19-31-29-16-15-28-27(17-18-32(41)35(28)36(43)25-9-7-6-8-10-25)34(29)30(21-37(31,38)2)24-11-13-26(14-12-24)39(3)4/h6-14,29-31H,15-22H2,1-5H3/t29?,30?,31?,37-,38+/m0/s1. The zero-order valence-electron chi connectivity index (χ0n) is 27.0. The fourth-order valence-corrected chi connectivity index (χ4v) is 9.23. The molecule has 2 aromatic carbocycles. The van der Waals surface area contributed by atoms with Gasteiger partial charge in [-0.25, -0.2) is 0 Å². The average molecular weight is 610 g/mol. The highest BCUT2D eigenvalue weighted by molar-refractivity contribution is 6.27. The van der Waals surface area contributed by atoms with E-state index in [0.29, 0.717) is 43.2 Å². The Labute approximate surface area is 265 Å². The van der Waals surface area contributed by atoms with E-state index < -0.39 is 17.0 Å². The highest BCUT2D eigenvalue weighted by atomic mass is 16.6. The Kier molecular flexibility index (Phi) is 8.19. The number of fused-ring (bicyclic) bond motifs is 4. The number of methoxy groups -OCH3 is 1. The third-order valence-electron chi connectivity index (χ3n) is 11.2. The van der Waals surface area contributed by atoms with Crippen LogP contribution in [0.5, 0.6) is 0 Å². The van der Waals surface area contributed by atoms with E-state index in [-0.39, 0.29) is 41.7 Å². The number of Topliss-reactive ketones (excluding diaryl/α,β-unsaturated/α-hetero) is 3. The number of anilines is 1. The van der Waals surface area contributed by atoms with Gasteiger partial charge in [-0.05, 0) is 79.2 Å². The van der Waals surface area contributed by atoms with Crippen molar-refractivity contribution in [3.63, 3.8) is 0 Å². The van der Waals surface area contributed by atoms with E-state index in [0.717, 1.165) is 35.2 Å². The van der Waals surface area contributed by atoms with Gasteiger partial charge in [-0.15, -0.1) is 0 Å². The normalized spacial score (nSPS) is 29.1. The smallest absolute Gasteiger partial charge is 0.303 e. The summed E-state index contributed by atoms with van der Waals surface area (Å²) in [5.41, 5.74) is 4.57. The number of benzene rings is 2. The summed E-state index contributed by atoms with van der Waals surface area (Å²) >= 11 is 0. The lowest BCUT2D eigenvalue weighted by Gasteiger charge is -2.55. The summed E-state index contributed by atoms with van der Waals surface area (Å²) in [4.78, 5) is 55.8. The molecule has 0 aromatic heterocycles. The molecule has 2 fully saturated rings. The Balaban J connectivity index is 1.55. The first-order valence-electron chi connectivity index (χ1n) is 16.1. The second-order valence-corrected chi connectivity index (χ2v) is 13.6. The summed E-state index contributed by atoms with van der Waals surface area (Å²) in [7, 11) is 5.52. The SMILES string of the molecule is COCC(=O)[C@]1(OC(C)=O)CCC2C3CCC4=C(C(=O)c5ccccc5)C(=O)CCC4=C3C(c3ccc(N(C)C)cc3)C[C@@]21C. The Bertz CT molecular complexity index is 1600. The first-order valence-corrected chi connectivity index (χ1v) is 16.1. The molecule has 0 amide bonds. The van der Waals surface area contributed by atoms with Crippen molar-refractivity contribution in [1.82, 2.24) is 0 Å². The van der Waals surface area contributed by atoms with E-state index >= 15 is 0 Å². The molecule has 0 radical (unpaired) electrons. The molecule has 4 aliphatic rings. The minimum absolute atomic E-state index is 0.0672. The van der Waals surface area contributed by atoms with Crippen LogP contribution in [0.2, 0.25) is 0 Å². The highest BCUT2D eigenvalue weighted by Gasteiger charge is 2.68. The number of hydrogen-bond donors (Lipinski definition) is 0. The minimum atomic E-state index is -1.27. The van der Waals surface area contributed by atoms with Gasteiger partial charge in [0.2, 0.25) is 5.78 Å². The van der Waals surface area contributed by atoms with Gasteiger partial charge in [0.25, 0.3) is 0 Å². The lowest BCUT2D eigenvalue weighted by atomic mass is 9.50. The first kappa shape index (κ1) is 31.2. The van der Waals surface area contributed by atoms with Crippen LogP contribution in [-0.4, -0.2) is 56.7 Å². The number of ether oxygens (including phenoxy) is 2. The Hall–Kier alpha value is -3.84. The summed E-state index contributed by atoms with van der Waals surface area (Å²) in [6.07, 6.45) is 4.14. The van der Waals surface area contributed by atoms with E-state index in [1.807, 2.05) is 32.3 Å². The van der Waals surface area contributed by atoms with Crippen LogP contribution in [0.25, 0.3) is 0 Å². The molecule has 5 atom stereocenters. The van der Waals surface area contributed by atoms with Gasteiger partial charge in [0, 0.05) is 57.1 Å². The van der Waals surface area contributed by atoms with Crippen LogP contribution < -0.4 is 4.90 Å². The summed E-state index contributed by atoms with van der Waals surface area (Å²) < 4.78 is 11.5. The maximum absolute atomic E-state index is 13.9. The van der Waals surface area contributed by atoms with Crippen molar-refractivity contribution in [2.75, 3.05) is 32.7 Å². The number of hydrogen-bond acceptors (Lipinski definition) is 7. The maximum Gasteiger partial charge on any atom is 0.303 e. The van der Waals surface area contributed by atoms with E-state index in [9.17, 15) is 19.2 Å². The molecule has 45 heavy (non-hydrogen) atoms. The summed E-state index contributed by atoms with van der Waals surface area (Å²) in [6, 6.07) is 17.6. The van der Waals surface area contributed by atoms with Gasteiger partial charge in [0.15, 0.2) is 17.2 Å². The molecule has 0 heterocycles. The molecule has 4 aliphatic carbocycles. The lowest BCUT2D eigenvalue weighted by molar-refractivity contribution is -0.185. The fraction of sp³-hybridized carbons (Fsp3) is 0.474. The summed E-state index contributed by atoms with van der Waals surface area (Å²) in [5, 5.41) is 0. The van der Waals surface area contributed by atoms with Crippen LogP contribution in [0.15, 0.2) is 76.9 Å². The number of carbonyl (C=O) groups is 4. The number of ketones is 3. The first-order chi connectivity index (χ1) is 21.5. The average Bonchev–Trinajstić information content (AvgIpc) is 3.32. The second-order valence-electron chi connectivity index (χ2n) is 13.6. The summed E-state index contributed by atoms with van der Waals surface area (Å²) in [5.74, 6) is -0.740. The van der Waals surface area contributed by atoms with Gasteiger partial charge in [-0.2, -0.15) is 0 Å². The quantitative estimate of drug-likeness (QED) is 0.194. The predicted molar refractivity (Wildman–Crippen MR) is 172 cm³/mol. The van der Waals surface area contributed by atoms with Crippen LogP contribution in [0.3, 0.4) is 0 Å². The molecule has 0 bridgehead atoms. The molecule has 0 spiro atoms. The van der Waals surface area contributed by atoms with Gasteiger partial charge >= 0.3 is 5.97 Å². The molecule has 0 aliphatic heterocycles. The molecule has 0 saturated heterocycles. The van der Waals surface area contributed by atoms with Crippen molar-refractivity contribution < 1.29 is 28.7 Å². The molecule has 3 unspecified atom stereocenters. The topological polar surface area (TPSA) is 90.0 Å². The number of allylic oxidation sites excluding steroid dienone is 4. The van der Waals surface area contributed by atoms with Crippen molar-refractivity contribution in [2.24, 2.45) is 17.3 Å². The molecular formula is C38H43NO6. The number of rotatable bonds is 8. The van der Waals surface area contributed by atoms with Crippen LogP contribution in [0, 0.1) is 17.3 Å². The maximum atomic E-state index is 13.9. The van der Waals surface area contributed by atoms with E-state index in [1.54, 1.807) is 12.1 Å². The fourth-order valence-electron chi connectivity index (χ4n) is 9.23. The third kappa shape index (κ3) is 5.00. The zero-order valence-corrected chi connectivity index (χ0v) is 27.0. The largest absolute Gasteiger partial charge is 0.451 e. The van der Waals surface area contributed by atoms with E-state index in [2.05, 4.69) is 36.1 Å². The van der Waals surface area contributed by atoms with Crippen LogP contribution in [-0.2, 0) is 23.9 Å². The lowest BCUT2D eigenvalue weighted by Crippen LogP contribution is -2.58. The second kappa shape index (κ2) is 11.8. The molecule has 7 nitrogen and oxygen atoms in total. The molecule has 2 saturated carbocycles. The molecule has 7 heteroatoms. The van der Waals surface area contributed by atoms with Gasteiger partial charge < -0.3 is 14.4 Å². The molecule has 2 aromatic rings. The number of esters is 1. The van der Waals surface area contributed by atoms with Gasteiger partial charge in [-0.1, -0.05) is 55.0 Å². The molecule has 0 N–H and O–H groups in total. The Morgan fingerprint density at radius 2 is 1.64 bits per heavy atom. The third-order valence-corrected chi connectivity index (χ3v) is 11.2. The Morgan fingerprint density at radius 3 is 2.29 bits per heavy atom. The van der Waals surface area contributed by atoms with Crippen molar-refractivity contribution in [3.05, 3.63) is 88.0 Å². The van der Waals surface area contributed by atoms with Crippen LogP contribution in [0.1, 0.15) is 80.6 Å². The Morgan fingerprint density at radius 1 is 0.933 bits per heavy atom. The number of nitrogens with zero attached hydrogens (tertiary/aromatic N) is 1. The predicted octanol–water partition coefficient (Wildman–Crippen LogP) is 6.42. The monoisotopic (exact) mass is 609 g/mol. The van der Waals surface area contributed by atoms with Gasteiger partial charge in [0.05, 0.1) is 5.57 Å².